The van der Waals surface area contributed by atoms with E-state index >= 15 is 0 Å². The van der Waals surface area contributed by atoms with Gasteiger partial charge in [0.2, 0.25) is 5.91 Å². The van der Waals surface area contributed by atoms with Gasteiger partial charge in [-0.25, -0.2) is 4.98 Å². The molecule has 5 rings (SSSR count). The van der Waals surface area contributed by atoms with Crippen molar-refractivity contribution < 1.29 is 4.79 Å². The lowest BCUT2D eigenvalue weighted by atomic mass is 9.84. The van der Waals surface area contributed by atoms with Crippen LogP contribution in [0.5, 0.6) is 0 Å². The third-order valence-corrected chi connectivity index (χ3v) is 8.15. The summed E-state index contributed by atoms with van der Waals surface area (Å²) in [7, 11) is 0. The number of piperazine rings is 1. The minimum absolute atomic E-state index is 0.0174. The zero-order chi connectivity index (χ0) is 20.7. The highest BCUT2D eigenvalue weighted by molar-refractivity contribution is 7.15. The Morgan fingerprint density at radius 1 is 1.23 bits per heavy atom. The zero-order valence-electron chi connectivity index (χ0n) is 17.6. The maximum absolute atomic E-state index is 12.6. The first-order valence-electron chi connectivity index (χ1n) is 11.2. The Morgan fingerprint density at radius 3 is 2.77 bits per heavy atom. The highest BCUT2D eigenvalue weighted by atomic mass is 32.1. The minimum Gasteiger partial charge on any atom is -0.352 e. The number of rotatable bonds is 6. The molecular weight excluding hydrogens is 398 g/mol. The number of carbonyl (C=O) groups excluding carboxylic acids is 1. The summed E-state index contributed by atoms with van der Waals surface area (Å²) in [5, 5.41) is 5.17. The van der Waals surface area contributed by atoms with Gasteiger partial charge < -0.3 is 5.32 Å². The van der Waals surface area contributed by atoms with Crippen LogP contribution in [0, 0.1) is 17.8 Å². The predicted octanol–water partition coefficient (Wildman–Crippen LogP) is 1.81. The van der Waals surface area contributed by atoms with Crippen LogP contribution in [-0.4, -0.2) is 63.9 Å². The summed E-state index contributed by atoms with van der Waals surface area (Å²) in [5.41, 5.74) is 0.810. The smallest absolute Gasteiger partial charge is 0.258 e. The second-order valence-electron chi connectivity index (χ2n) is 9.39. The fourth-order valence-corrected chi connectivity index (χ4v) is 6.56. The fourth-order valence-electron chi connectivity index (χ4n) is 5.82. The molecule has 30 heavy (non-hydrogen) atoms. The van der Waals surface area contributed by atoms with Crippen LogP contribution < -0.4 is 10.9 Å². The van der Waals surface area contributed by atoms with E-state index in [1.807, 2.05) is 5.38 Å². The standard InChI is InChI=1S/C22H31N5O2S/c1-15(19-11-16-2-3-17(19)10-16)23-20(28)14-26-6-4-25(5-7-26)13-18-12-21(29)27-8-9-30-22(27)24-18/h8-9,12,15-17,19H,2-7,10-11,13-14H2,1H3,(H,23,28). The van der Waals surface area contributed by atoms with Gasteiger partial charge in [0, 0.05) is 56.4 Å². The average Bonchev–Trinajstić information content (AvgIpc) is 3.46. The van der Waals surface area contributed by atoms with Crippen LogP contribution in [-0.2, 0) is 11.3 Å². The topological polar surface area (TPSA) is 70.0 Å². The van der Waals surface area contributed by atoms with Crippen molar-refractivity contribution in [2.45, 2.75) is 45.2 Å². The van der Waals surface area contributed by atoms with Crippen molar-refractivity contribution in [2.75, 3.05) is 32.7 Å². The highest BCUT2D eigenvalue weighted by Crippen LogP contribution is 2.49. The van der Waals surface area contributed by atoms with Crippen LogP contribution in [0.3, 0.4) is 0 Å². The van der Waals surface area contributed by atoms with Gasteiger partial charge in [-0.05, 0) is 43.9 Å². The van der Waals surface area contributed by atoms with E-state index in [0.717, 1.165) is 48.7 Å². The van der Waals surface area contributed by atoms with Gasteiger partial charge in [0.1, 0.15) is 0 Å². The van der Waals surface area contributed by atoms with E-state index in [-0.39, 0.29) is 11.5 Å². The van der Waals surface area contributed by atoms with E-state index in [0.29, 0.717) is 25.0 Å². The third-order valence-electron chi connectivity index (χ3n) is 7.40. The van der Waals surface area contributed by atoms with Crippen LogP contribution >= 0.6 is 11.3 Å². The van der Waals surface area contributed by atoms with Crippen LogP contribution in [0.1, 0.15) is 38.3 Å². The maximum Gasteiger partial charge on any atom is 0.258 e. The third kappa shape index (κ3) is 4.18. The van der Waals surface area contributed by atoms with Gasteiger partial charge >= 0.3 is 0 Å². The molecule has 2 bridgehead atoms. The summed E-state index contributed by atoms with van der Waals surface area (Å²) < 4.78 is 1.59. The highest BCUT2D eigenvalue weighted by Gasteiger charge is 2.42. The molecule has 0 aromatic carbocycles. The fraction of sp³-hybridized carbons (Fsp3) is 0.682. The second-order valence-corrected chi connectivity index (χ2v) is 10.3. The molecule has 2 saturated carbocycles. The molecule has 0 spiro atoms. The van der Waals surface area contributed by atoms with Gasteiger partial charge in [0.15, 0.2) is 4.96 Å². The van der Waals surface area contributed by atoms with Crippen molar-refractivity contribution in [1.82, 2.24) is 24.5 Å². The number of nitrogens with zero attached hydrogens (tertiary/aromatic N) is 4. The van der Waals surface area contributed by atoms with Crippen molar-refractivity contribution in [3.63, 3.8) is 0 Å². The number of thiazole rings is 1. The molecule has 162 valence electrons. The largest absolute Gasteiger partial charge is 0.352 e. The zero-order valence-corrected chi connectivity index (χ0v) is 18.4. The molecule has 1 amide bonds. The van der Waals surface area contributed by atoms with Gasteiger partial charge in [-0.1, -0.05) is 6.42 Å². The van der Waals surface area contributed by atoms with Crippen LogP contribution in [0.4, 0.5) is 0 Å². The number of hydrogen-bond donors (Lipinski definition) is 1. The van der Waals surface area contributed by atoms with E-state index in [1.165, 1.54) is 37.0 Å². The Hall–Kier alpha value is -1.77. The molecule has 3 aliphatic rings. The Bertz CT molecular complexity index is 964. The van der Waals surface area contributed by atoms with E-state index in [1.54, 1.807) is 16.7 Å². The lowest BCUT2D eigenvalue weighted by Gasteiger charge is -2.34. The molecular formula is C22H31N5O2S. The van der Waals surface area contributed by atoms with Crippen molar-refractivity contribution in [3.8, 4) is 0 Å². The number of carbonyl (C=O) groups is 1. The molecule has 1 N–H and O–H groups in total. The summed E-state index contributed by atoms with van der Waals surface area (Å²) in [6.45, 7) is 6.89. The SMILES string of the molecule is CC(NC(=O)CN1CCN(Cc2cc(=O)n3ccsc3n2)CC1)C1CC2CCC1C2. The predicted molar refractivity (Wildman–Crippen MR) is 118 cm³/mol. The molecule has 8 heteroatoms. The molecule has 1 saturated heterocycles. The molecule has 3 fully saturated rings. The quantitative estimate of drug-likeness (QED) is 0.759. The van der Waals surface area contributed by atoms with Crippen molar-refractivity contribution >= 4 is 22.2 Å². The summed E-state index contributed by atoms with van der Waals surface area (Å²) in [6, 6.07) is 1.93. The normalized spacial score (nSPS) is 28.2. The molecule has 4 unspecified atom stereocenters. The number of amides is 1. The average molecular weight is 430 g/mol. The van der Waals surface area contributed by atoms with Gasteiger partial charge in [0.25, 0.3) is 5.56 Å². The molecule has 2 aromatic heterocycles. The van der Waals surface area contributed by atoms with E-state index in [4.69, 9.17) is 0 Å². The molecule has 1 aliphatic heterocycles. The van der Waals surface area contributed by atoms with Gasteiger partial charge in [-0.2, -0.15) is 0 Å². The summed E-state index contributed by atoms with van der Waals surface area (Å²) in [4.78, 5) is 34.7. The maximum atomic E-state index is 12.6. The Labute approximate surface area is 181 Å². The number of nitrogens with one attached hydrogen (secondary N) is 1. The first-order chi connectivity index (χ1) is 14.5. The monoisotopic (exact) mass is 429 g/mol. The summed E-state index contributed by atoms with van der Waals surface area (Å²) in [5.74, 6) is 2.60. The first kappa shape index (κ1) is 20.2. The van der Waals surface area contributed by atoms with Crippen molar-refractivity contribution in [1.29, 1.82) is 0 Å². The number of hydrogen-bond acceptors (Lipinski definition) is 6. The number of aromatic nitrogens is 2. The van der Waals surface area contributed by atoms with Gasteiger partial charge in [0.05, 0.1) is 12.2 Å². The summed E-state index contributed by atoms with van der Waals surface area (Å²) >= 11 is 1.48. The molecule has 0 radical (unpaired) electrons. The Morgan fingerprint density at radius 2 is 2.03 bits per heavy atom. The minimum atomic E-state index is -0.0174. The lowest BCUT2D eigenvalue weighted by Crippen LogP contribution is -2.51. The van der Waals surface area contributed by atoms with Gasteiger partial charge in [-0.3, -0.25) is 23.8 Å². The number of fused-ring (bicyclic) bond motifs is 3. The van der Waals surface area contributed by atoms with Crippen molar-refractivity contribution in [3.05, 3.63) is 33.7 Å². The molecule has 2 aromatic rings. The van der Waals surface area contributed by atoms with Crippen LogP contribution in [0.25, 0.3) is 4.96 Å². The van der Waals surface area contributed by atoms with E-state index < -0.39 is 0 Å². The lowest BCUT2D eigenvalue weighted by molar-refractivity contribution is -0.123. The van der Waals surface area contributed by atoms with Crippen LogP contribution in [0.15, 0.2) is 22.4 Å². The van der Waals surface area contributed by atoms with Crippen molar-refractivity contribution in [2.24, 2.45) is 17.8 Å². The molecule has 2 aliphatic carbocycles. The molecule has 3 heterocycles. The second kappa shape index (κ2) is 8.40. The summed E-state index contributed by atoms with van der Waals surface area (Å²) in [6.07, 6.45) is 7.21. The van der Waals surface area contributed by atoms with E-state index in [2.05, 4.69) is 27.0 Å². The molecule has 4 atom stereocenters. The Kier molecular flexibility index (Phi) is 5.64. The van der Waals surface area contributed by atoms with E-state index in [9.17, 15) is 9.59 Å². The Balaban J connectivity index is 1.08. The van der Waals surface area contributed by atoms with Gasteiger partial charge in [-0.15, -0.1) is 11.3 Å². The first-order valence-corrected chi connectivity index (χ1v) is 12.1. The van der Waals surface area contributed by atoms with Crippen LogP contribution in [0.2, 0.25) is 0 Å². The molecule has 7 nitrogen and oxygen atoms in total.